The average Bonchev–Trinajstić information content (AvgIpc) is 2.85. The molecule has 0 saturated carbocycles. The number of nitrogens with zero attached hydrogens (tertiary/aromatic N) is 3. The van der Waals surface area contributed by atoms with Crippen molar-refractivity contribution >= 4 is 34.8 Å². The third-order valence-electron chi connectivity index (χ3n) is 5.69. The fourth-order valence-corrected chi connectivity index (χ4v) is 4.18. The molecule has 2 heterocycles. The Balaban J connectivity index is 1.38. The summed E-state index contributed by atoms with van der Waals surface area (Å²) < 4.78 is 0. The van der Waals surface area contributed by atoms with E-state index in [1.807, 2.05) is 36.5 Å². The Morgan fingerprint density at radius 1 is 0.939 bits per heavy atom. The third kappa shape index (κ3) is 6.09. The van der Waals surface area contributed by atoms with Crippen LogP contribution in [0.4, 0.5) is 11.4 Å². The molecule has 170 valence electrons. The van der Waals surface area contributed by atoms with Crippen molar-refractivity contribution in [3.8, 4) is 0 Å². The Kier molecular flexibility index (Phi) is 7.55. The lowest BCUT2D eigenvalue weighted by atomic mass is 10.1. The van der Waals surface area contributed by atoms with Gasteiger partial charge in [0.05, 0.1) is 6.04 Å². The van der Waals surface area contributed by atoms with Gasteiger partial charge < -0.3 is 15.5 Å². The number of pyridine rings is 1. The fourth-order valence-electron chi connectivity index (χ4n) is 3.99. The van der Waals surface area contributed by atoms with Crippen LogP contribution in [0.25, 0.3) is 0 Å². The quantitative estimate of drug-likeness (QED) is 0.548. The van der Waals surface area contributed by atoms with Crippen molar-refractivity contribution < 1.29 is 9.59 Å². The number of benzene rings is 2. The molecule has 1 atom stereocenters. The van der Waals surface area contributed by atoms with Crippen LogP contribution in [0, 0.1) is 0 Å². The number of amides is 2. The molecule has 1 aliphatic rings. The van der Waals surface area contributed by atoms with Crippen LogP contribution in [0.1, 0.15) is 11.6 Å². The molecule has 7 nitrogen and oxygen atoms in total. The highest BCUT2D eigenvalue weighted by atomic mass is 35.5. The SMILES string of the molecule is O=C(NCC(c1cccnc1)N1CCN(c2ccccc2)CC1)C(=O)Nc1cccc(Cl)c1. The van der Waals surface area contributed by atoms with E-state index in [9.17, 15) is 9.59 Å². The first-order chi connectivity index (χ1) is 16.1. The van der Waals surface area contributed by atoms with Crippen LogP contribution in [0.2, 0.25) is 5.02 Å². The Morgan fingerprint density at radius 2 is 1.73 bits per heavy atom. The largest absolute Gasteiger partial charge is 0.369 e. The van der Waals surface area contributed by atoms with Gasteiger partial charge in [-0.15, -0.1) is 0 Å². The van der Waals surface area contributed by atoms with Gasteiger partial charge in [-0.25, -0.2) is 0 Å². The Morgan fingerprint density at radius 3 is 2.42 bits per heavy atom. The molecule has 3 aromatic rings. The number of nitrogens with one attached hydrogen (secondary N) is 2. The van der Waals surface area contributed by atoms with Crippen LogP contribution >= 0.6 is 11.6 Å². The molecule has 0 aliphatic carbocycles. The number of hydrogen-bond donors (Lipinski definition) is 2. The number of rotatable bonds is 6. The van der Waals surface area contributed by atoms with Gasteiger partial charge in [0.1, 0.15) is 0 Å². The average molecular weight is 464 g/mol. The van der Waals surface area contributed by atoms with E-state index in [0.717, 1.165) is 31.7 Å². The number of aromatic nitrogens is 1. The fraction of sp³-hybridized carbons (Fsp3) is 0.240. The van der Waals surface area contributed by atoms with Gasteiger partial charge in [0.25, 0.3) is 0 Å². The second-order valence-electron chi connectivity index (χ2n) is 7.84. The van der Waals surface area contributed by atoms with Gasteiger partial charge in [0.2, 0.25) is 0 Å². The Bertz CT molecular complexity index is 1070. The first-order valence-electron chi connectivity index (χ1n) is 10.9. The van der Waals surface area contributed by atoms with Gasteiger partial charge in [0.15, 0.2) is 0 Å². The minimum absolute atomic E-state index is 0.0838. The van der Waals surface area contributed by atoms with Crippen molar-refractivity contribution in [3.63, 3.8) is 0 Å². The van der Waals surface area contributed by atoms with Crippen LogP contribution in [0.15, 0.2) is 79.1 Å². The van der Waals surface area contributed by atoms with Crippen LogP contribution in [-0.4, -0.2) is 54.4 Å². The molecule has 2 aromatic carbocycles. The third-order valence-corrected chi connectivity index (χ3v) is 5.93. The van der Waals surface area contributed by atoms with E-state index >= 15 is 0 Å². The van der Waals surface area contributed by atoms with Gasteiger partial charge in [-0.3, -0.25) is 19.5 Å². The smallest absolute Gasteiger partial charge is 0.313 e. The summed E-state index contributed by atoms with van der Waals surface area (Å²) in [6, 6.07) is 20.8. The monoisotopic (exact) mass is 463 g/mol. The van der Waals surface area contributed by atoms with E-state index < -0.39 is 11.8 Å². The summed E-state index contributed by atoms with van der Waals surface area (Å²) in [6.07, 6.45) is 3.54. The second kappa shape index (κ2) is 10.9. The van der Waals surface area contributed by atoms with Gasteiger partial charge in [-0.1, -0.05) is 41.9 Å². The molecule has 8 heteroatoms. The maximum Gasteiger partial charge on any atom is 0.313 e. The van der Waals surface area contributed by atoms with E-state index in [2.05, 4.69) is 37.6 Å². The molecular weight excluding hydrogens is 438 g/mol. The summed E-state index contributed by atoms with van der Waals surface area (Å²) in [5.41, 5.74) is 2.69. The van der Waals surface area contributed by atoms with Gasteiger partial charge in [-0.05, 0) is 42.0 Å². The minimum atomic E-state index is -0.726. The molecule has 1 unspecified atom stereocenters. The molecule has 4 rings (SSSR count). The second-order valence-corrected chi connectivity index (χ2v) is 8.27. The Hall–Kier alpha value is -3.42. The first kappa shape index (κ1) is 22.8. The van der Waals surface area contributed by atoms with Crippen molar-refractivity contribution in [2.75, 3.05) is 42.9 Å². The van der Waals surface area contributed by atoms with Crippen molar-refractivity contribution in [1.29, 1.82) is 0 Å². The minimum Gasteiger partial charge on any atom is -0.369 e. The predicted octanol–water partition coefficient (Wildman–Crippen LogP) is 3.35. The molecule has 1 aromatic heterocycles. The van der Waals surface area contributed by atoms with Crippen LogP contribution in [-0.2, 0) is 9.59 Å². The lowest BCUT2D eigenvalue weighted by Crippen LogP contribution is -2.50. The normalized spacial score (nSPS) is 15.0. The zero-order valence-electron chi connectivity index (χ0n) is 18.2. The number of hydrogen-bond acceptors (Lipinski definition) is 5. The maximum atomic E-state index is 12.5. The van der Waals surface area contributed by atoms with Crippen molar-refractivity contribution in [3.05, 3.63) is 89.7 Å². The number of halogens is 1. The number of carbonyl (C=O) groups is 2. The van der Waals surface area contributed by atoms with E-state index in [-0.39, 0.29) is 6.04 Å². The first-order valence-corrected chi connectivity index (χ1v) is 11.3. The highest BCUT2D eigenvalue weighted by Gasteiger charge is 2.26. The van der Waals surface area contributed by atoms with Gasteiger partial charge in [-0.2, -0.15) is 0 Å². The maximum absolute atomic E-state index is 12.5. The standard InChI is InChI=1S/C25H26ClN5O2/c26-20-7-4-8-21(16-20)29-25(33)24(32)28-18-23(19-6-5-11-27-17-19)31-14-12-30(13-15-31)22-9-2-1-3-10-22/h1-11,16-17,23H,12-15,18H2,(H,28,32)(H,29,33). The zero-order valence-corrected chi connectivity index (χ0v) is 18.9. The number of carbonyl (C=O) groups excluding carboxylic acids is 2. The highest BCUT2D eigenvalue weighted by Crippen LogP contribution is 2.23. The van der Waals surface area contributed by atoms with Crippen LogP contribution in [0.3, 0.4) is 0 Å². The molecule has 2 N–H and O–H groups in total. The molecule has 1 fully saturated rings. The van der Waals surface area contributed by atoms with Crippen LogP contribution in [0.5, 0.6) is 0 Å². The summed E-state index contributed by atoms with van der Waals surface area (Å²) >= 11 is 5.95. The van der Waals surface area contributed by atoms with Crippen LogP contribution < -0.4 is 15.5 Å². The molecule has 1 saturated heterocycles. The summed E-state index contributed by atoms with van der Waals surface area (Å²) in [4.78, 5) is 33.8. The topological polar surface area (TPSA) is 77.6 Å². The van der Waals surface area contributed by atoms with Crippen molar-refractivity contribution in [1.82, 2.24) is 15.2 Å². The molecule has 0 bridgehead atoms. The summed E-state index contributed by atoms with van der Waals surface area (Å²) in [6.45, 7) is 3.73. The van der Waals surface area contributed by atoms with E-state index in [0.29, 0.717) is 17.3 Å². The number of anilines is 2. The van der Waals surface area contributed by atoms with E-state index in [1.54, 1.807) is 30.5 Å². The van der Waals surface area contributed by atoms with Crippen molar-refractivity contribution in [2.45, 2.75) is 6.04 Å². The molecular formula is C25H26ClN5O2. The van der Waals surface area contributed by atoms with Gasteiger partial charge >= 0.3 is 11.8 Å². The molecule has 0 radical (unpaired) electrons. The lowest BCUT2D eigenvalue weighted by Gasteiger charge is -2.40. The van der Waals surface area contributed by atoms with E-state index in [4.69, 9.17) is 11.6 Å². The number of para-hydroxylation sites is 1. The predicted molar refractivity (Wildman–Crippen MR) is 130 cm³/mol. The summed E-state index contributed by atoms with van der Waals surface area (Å²) in [5, 5.41) is 5.86. The van der Waals surface area contributed by atoms with Crippen molar-refractivity contribution in [2.24, 2.45) is 0 Å². The molecule has 1 aliphatic heterocycles. The lowest BCUT2D eigenvalue weighted by molar-refractivity contribution is -0.136. The van der Waals surface area contributed by atoms with Gasteiger partial charge in [0, 0.05) is 61.5 Å². The summed E-state index contributed by atoms with van der Waals surface area (Å²) in [7, 11) is 0. The van der Waals surface area contributed by atoms with E-state index in [1.165, 1.54) is 5.69 Å². The summed E-state index contributed by atoms with van der Waals surface area (Å²) in [5.74, 6) is -1.41. The molecule has 0 spiro atoms. The molecule has 33 heavy (non-hydrogen) atoms. The highest BCUT2D eigenvalue weighted by molar-refractivity contribution is 6.39. The molecule has 2 amide bonds. The zero-order chi connectivity index (χ0) is 23.0. The number of piperazine rings is 1. The Labute approximate surface area is 198 Å².